The van der Waals surface area contributed by atoms with Crippen LogP contribution in [0.25, 0.3) is 0 Å². The molecule has 1 fully saturated rings. The third-order valence-corrected chi connectivity index (χ3v) is 5.84. The van der Waals surface area contributed by atoms with Crippen molar-refractivity contribution in [2.24, 2.45) is 0 Å². The minimum absolute atomic E-state index is 0.0491. The highest BCUT2D eigenvalue weighted by Gasteiger charge is 2.31. The Morgan fingerprint density at radius 3 is 2.34 bits per heavy atom. The zero-order chi connectivity index (χ0) is 22.2. The zero-order valence-electron chi connectivity index (χ0n) is 18.0. The molecule has 0 bridgehead atoms. The van der Waals surface area contributed by atoms with Crippen LogP contribution in [0.2, 0.25) is 0 Å². The first-order valence-corrected chi connectivity index (χ1v) is 11.0. The average molecular weight is 429 g/mol. The number of hydrogen-bond donors (Lipinski definition) is 2. The summed E-state index contributed by atoms with van der Waals surface area (Å²) in [5.74, 6) is -0.175. The molecule has 32 heavy (non-hydrogen) atoms. The highest BCUT2D eigenvalue weighted by molar-refractivity contribution is 5.88. The molecule has 0 radical (unpaired) electrons. The van der Waals surface area contributed by atoms with Crippen LogP contribution in [-0.2, 0) is 16.1 Å². The standard InChI is InChI=1S/C26H28N4O2/c31-25(16-24-26(32)28-14-15-30(24)19-20-8-7-13-27-17-20)29-18-23(21-9-3-1-4-10-21)22-11-5-2-6-12-22/h1-13,17,23-24H,14-16,18-19H2,(H,28,32)(H,29,31)/t24-/m0/s1. The Labute approximate surface area is 188 Å². The number of pyridine rings is 1. The number of carbonyl (C=O) groups excluding carboxylic acids is 2. The second-order valence-corrected chi connectivity index (χ2v) is 8.02. The number of nitrogens with zero attached hydrogens (tertiary/aromatic N) is 2. The van der Waals surface area contributed by atoms with E-state index >= 15 is 0 Å². The van der Waals surface area contributed by atoms with Gasteiger partial charge in [0.1, 0.15) is 0 Å². The van der Waals surface area contributed by atoms with Crippen LogP contribution < -0.4 is 10.6 Å². The quantitative estimate of drug-likeness (QED) is 0.579. The van der Waals surface area contributed by atoms with Crippen molar-refractivity contribution in [1.29, 1.82) is 0 Å². The minimum Gasteiger partial charge on any atom is -0.355 e. The van der Waals surface area contributed by atoms with Crippen molar-refractivity contribution in [2.75, 3.05) is 19.6 Å². The van der Waals surface area contributed by atoms with Crippen LogP contribution in [0.3, 0.4) is 0 Å². The number of rotatable bonds is 8. The minimum atomic E-state index is -0.490. The second kappa shape index (κ2) is 10.7. The lowest BCUT2D eigenvalue weighted by atomic mass is 9.91. The fourth-order valence-corrected chi connectivity index (χ4v) is 4.16. The highest BCUT2D eigenvalue weighted by atomic mass is 16.2. The first kappa shape index (κ1) is 21.7. The molecule has 0 unspecified atom stereocenters. The Kier molecular flexibility index (Phi) is 7.25. The zero-order valence-corrected chi connectivity index (χ0v) is 18.0. The maximum Gasteiger partial charge on any atom is 0.237 e. The maximum absolute atomic E-state index is 12.9. The fourth-order valence-electron chi connectivity index (χ4n) is 4.16. The third-order valence-electron chi connectivity index (χ3n) is 5.84. The highest BCUT2D eigenvalue weighted by Crippen LogP contribution is 2.24. The number of piperazine rings is 1. The van der Waals surface area contributed by atoms with Crippen molar-refractivity contribution in [1.82, 2.24) is 20.5 Å². The molecule has 1 saturated heterocycles. The normalized spacial score (nSPS) is 16.5. The van der Waals surface area contributed by atoms with Gasteiger partial charge in [-0.2, -0.15) is 0 Å². The largest absolute Gasteiger partial charge is 0.355 e. The van der Waals surface area contributed by atoms with E-state index in [0.29, 0.717) is 26.2 Å². The Balaban J connectivity index is 1.42. The van der Waals surface area contributed by atoms with Crippen molar-refractivity contribution in [3.05, 3.63) is 102 Å². The first-order valence-electron chi connectivity index (χ1n) is 11.0. The van der Waals surface area contributed by atoms with E-state index in [1.54, 1.807) is 12.4 Å². The summed E-state index contributed by atoms with van der Waals surface area (Å²) in [7, 11) is 0. The van der Waals surface area contributed by atoms with E-state index in [-0.39, 0.29) is 24.2 Å². The van der Waals surface area contributed by atoms with Gasteiger partial charge in [0.15, 0.2) is 0 Å². The maximum atomic E-state index is 12.9. The second-order valence-electron chi connectivity index (χ2n) is 8.02. The molecule has 6 nitrogen and oxygen atoms in total. The van der Waals surface area contributed by atoms with Gasteiger partial charge in [0, 0.05) is 44.5 Å². The topological polar surface area (TPSA) is 74.3 Å². The summed E-state index contributed by atoms with van der Waals surface area (Å²) in [4.78, 5) is 31.7. The van der Waals surface area contributed by atoms with E-state index < -0.39 is 6.04 Å². The fraction of sp³-hybridized carbons (Fsp3) is 0.269. The third kappa shape index (κ3) is 5.59. The number of aromatic nitrogens is 1. The summed E-state index contributed by atoms with van der Waals surface area (Å²) >= 11 is 0. The van der Waals surface area contributed by atoms with E-state index in [2.05, 4.69) is 44.8 Å². The lowest BCUT2D eigenvalue weighted by Gasteiger charge is -2.34. The molecule has 0 saturated carbocycles. The Morgan fingerprint density at radius 1 is 1.03 bits per heavy atom. The van der Waals surface area contributed by atoms with Crippen molar-refractivity contribution in [3.8, 4) is 0 Å². The molecule has 2 amide bonds. The summed E-state index contributed by atoms with van der Waals surface area (Å²) < 4.78 is 0. The van der Waals surface area contributed by atoms with Gasteiger partial charge in [-0.3, -0.25) is 19.5 Å². The average Bonchev–Trinajstić information content (AvgIpc) is 2.83. The van der Waals surface area contributed by atoms with E-state index in [4.69, 9.17) is 0 Å². The Bertz CT molecular complexity index is 972. The summed E-state index contributed by atoms with van der Waals surface area (Å²) in [6.07, 6.45) is 3.66. The van der Waals surface area contributed by atoms with Crippen LogP contribution in [-0.4, -0.2) is 47.4 Å². The van der Waals surface area contributed by atoms with Crippen molar-refractivity contribution >= 4 is 11.8 Å². The van der Waals surface area contributed by atoms with Gasteiger partial charge < -0.3 is 10.6 Å². The molecule has 2 N–H and O–H groups in total. The lowest BCUT2D eigenvalue weighted by molar-refractivity contribution is -0.134. The van der Waals surface area contributed by atoms with Crippen LogP contribution >= 0.6 is 0 Å². The van der Waals surface area contributed by atoms with Gasteiger partial charge in [0.05, 0.1) is 12.5 Å². The predicted octanol–water partition coefficient (Wildman–Crippen LogP) is 2.72. The van der Waals surface area contributed by atoms with Crippen molar-refractivity contribution in [2.45, 2.75) is 24.9 Å². The van der Waals surface area contributed by atoms with E-state index in [1.165, 1.54) is 0 Å². The van der Waals surface area contributed by atoms with Crippen molar-refractivity contribution in [3.63, 3.8) is 0 Å². The van der Waals surface area contributed by atoms with Crippen LogP contribution in [0.4, 0.5) is 0 Å². The molecular formula is C26H28N4O2. The van der Waals surface area contributed by atoms with Crippen LogP contribution in [0, 0.1) is 0 Å². The van der Waals surface area contributed by atoms with E-state index in [0.717, 1.165) is 16.7 Å². The van der Waals surface area contributed by atoms with Crippen LogP contribution in [0.5, 0.6) is 0 Å². The summed E-state index contributed by atoms with van der Waals surface area (Å²) in [5.41, 5.74) is 3.32. The van der Waals surface area contributed by atoms with Crippen molar-refractivity contribution < 1.29 is 9.59 Å². The molecule has 0 aliphatic carbocycles. The molecule has 0 spiro atoms. The molecule has 2 aromatic carbocycles. The van der Waals surface area contributed by atoms with Gasteiger partial charge in [-0.05, 0) is 22.8 Å². The summed E-state index contributed by atoms with van der Waals surface area (Å²) in [5, 5.41) is 5.97. The van der Waals surface area contributed by atoms with Crippen LogP contribution in [0.1, 0.15) is 29.0 Å². The Hall–Kier alpha value is -3.51. The number of benzene rings is 2. The van der Waals surface area contributed by atoms with Gasteiger partial charge in [0.25, 0.3) is 0 Å². The molecule has 164 valence electrons. The molecular weight excluding hydrogens is 400 g/mol. The molecule has 3 aromatic rings. The molecule has 6 heteroatoms. The molecule has 1 aromatic heterocycles. The van der Waals surface area contributed by atoms with Gasteiger partial charge in [0.2, 0.25) is 11.8 Å². The molecule has 1 aliphatic rings. The SMILES string of the molecule is O=C(C[C@H]1C(=O)NCCN1Cc1cccnc1)NCC(c1ccccc1)c1ccccc1. The van der Waals surface area contributed by atoms with Gasteiger partial charge in [-0.15, -0.1) is 0 Å². The smallest absolute Gasteiger partial charge is 0.237 e. The van der Waals surface area contributed by atoms with Gasteiger partial charge in [-0.1, -0.05) is 66.7 Å². The van der Waals surface area contributed by atoms with Gasteiger partial charge in [-0.25, -0.2) is 0 Å². The van der Waals surface area contributed by atoms with E-state index in [1.807, 2.05) is 48.5 Å². The molecule has 1 aliphatic heterocycles. The molecule has 4 rings (SSSR count). The number of amides is 2. The first-order chi connectivity index (χ1) is 15.7. The Morgan fingerprint density at radius 2 is 1.72 bits per heavy atom. The van der Waals surface area contributed by atoms with E-state index in [9.17, 15) is 9.59 Å². The summed E-state index contributed by atoms with van der Waals surface area (Å²) in [6.45, 7) is 2.36. The molecule has 1 atom stereocenters. The monoisotopic (exact) mass is 428 g/mol. The number of hydrogen-bond acceptors (Lipinski definition) is 4. The lowest BCUT2D eigenvalue weighted by Crippen LogP contribution is -2.56. The summed E-state index contributed by atoms with van der Waals surface area (Å²) in [6, 6.07) is 23.7. The number of nitrogens with one attached hydrogen (secondary N) is 2. The molecule has 2 heterocycles. The van der Waals surface area contributed by atoms with Gasteiger partial charge >= 0.3 is 0 Å². The number of carbonyl (C=O) groups is 2. The van der Waals surface area contributed by atoms with Crippen LogP contribution in [0.15, 0.2) is 85.2 Å². The predicted molar refractivity (Wildman–Crippen MR) is 124 cm³/mol.